The van der Waals surface area contributed by atoms with Crippen LogP contribution >= 0.6 is 11.3 Å². The molecule has 0 saturated heterocycles. The maximum absolute atomic E-state index is 12.8. The zero-order valence-corrected chi connectivity index (χ0v) is 20.1. The predicted molar refractivity (Wildman–Crippen MR) is 128 cm³/mol. The number of hydrogen-bond donors (Lipinski definition) is 3. The van der Waals surface area contributed by atoms with Crippen molar-refractivity contribution in [2.45, 2.75) is 59.3 Å². The lowest BCUT2D eigenvalue weighted by Crippen LogP contribution is -2.16. The molecule has 178 valence electrons. The zero-order chi connectivity index (χ0) is 24.5. The van der Waals surface area contributed by atoms with Crippen molar-refractivity contribution in [3.8, 4) is 5.75 Å². The lowest BCUT2D eigenvalue weighted by Gasteiger charge is -2.11. The van der Waals surface area contributed by atoms with Crippen LogP contribution in [0.15, 0.2) is 39.3 Å². The number of ketones is 1. The maximum atomic E-state index is 12.8. The average molecular weight is 475 g/mol. The molecule has 0 spiro atoms. The molecule has 2 aromatic heterocycles. The van der Waals surface area contributed by atoms with Crippen molar-refractivity contribution in [2.24, 2.45) is 5.92 Å². The topological polar surface area (TPSA) is 130 Å². The van der Waals surface area contributed by atoms with Crippen LogP contribution in [0.2, 0.25) is 0 Å². The van der Waals surface area contributed by atoms with Gasteiger partial charge < -0.3 is 14.6 Å². The summed E-state index contributed by atoms with van der Waals surface area (Å²) in [5.74, 6) is -0.404. The molecule has 2 aromatic rings. The number of Topliss-reactive ketones (excluding diaryl/α,β-unsaturated/α-hetero) is 1. The molecule has 0 saturated carbocycles. The van der Waals surface area contributed by atoms with Gasteiger partial charge in [0.05, 0.1) is 5.01 Å². The van der Waals surface area contributed by atoms with Crippen molar-refractivity contribution >= 4 is 29.3 Å². The van der Waals surface area contributed by atoms with E-state index in [9.17, 15) is 19.5 Å². The van der Waals surface area contributed by atoms with Gasteiger partial charge in [-0.1, -0.05) is 26.8 Å². The summed E-state index contributed by atoms with van der Waals surface area (Å²) in [6, 6.07) is 1.29. The highest BCUT2D eigenvalue weighted by Gasteiger charge is 2.22. The minimum absolute atomic E-state index is 0.222. The summed E-state index contributed by atoms with van der Waals surface area (Å²) in [7, 11) is 0. The maximum Gasteiger partial charge on any atom is 0.408 e. The molecule has 0 radical (unpaired) electrons. The van der Waals surface area contributed by atoms with Gasteiger partial charge >= 0.3 is 11.7 Å². The van der Waals surface area contributed by atoms with E-state index < -0.39 is 28.8 Å². The molecule has 0 aliphatic carbocycles. The number of carbonyl (C=O) groups is 2. The second-order valence-corrected chi connectivity index (χ2v) is 9.42. The van der Waals surface area contributed by atoms with Crippen molar-refractivity contribution in [3.63, 3.8) is 0 Å². The van der Waals surface area contributed by atoms with Crippen LogP contribution in [0, 0.1) is 5.92 Å². The molecule has 33 heavy (non-hydrogen) atoms. The van der Waals surface area contributed by atoms with Crippen LogP contribution in [-0.2, 0) is 6.42 Å². The van der Waals surface area contributed by atoms with Gasteiger partial charge in [-0.15, -0.1) is 11.3 Å². The van der Waals surface area contributed by atoms with Gasteiger partial charge in [-0.25, -0.2) is 14.6 Å². The Morgan fingerprint density at radius 2 is 2.00 bits per heavy atom. The quantitative estimate of drug-likeness (QED) is 0.296. The van der Waals surface area contributed by atoms with E-state index >= 15 is 0 Å². The van der Waals surface area contributed by atoms with Crippen LogP contribution in [0.25, 0.3) is 6.08 Å². The number of rotatable bonds is 11. The van der Waals surface area contributed by atoms with Gasteiger partial charge in [-0.3, -0.25) is 10.1 Å². The minimum atomic E-state index is -1.15. The number of amides is 1. The fraction of sp³-hybridized carbons (Fsp3) is 0.417. The summed E-state index contributed by atoms with van der Waals surface area (Å²) in [5, 5.41) is 22.0. The summed E-state index contributed by atoms with van der Waals surface area (Å²) in [4.78, 5) is 40.9. The monoisotopic (exact) mass is 474 g/mol. The summed E-state index contributed by atoms with van der Waals surface area (Å²) in [5.41, 5.74) is -0.983. The average Bonchev–Trinajstić information content (AvgIpc) is 3.18. The van der Waals surface area contributed by atoms with Crippen LogP contribution < -0.4 is 10.9 Å². The predicted octanol–water partition coefficient (Wildman–Crippen LogP) is 5.34. The lowest BCUT2D eigenvalue weighted by molar-refractivity contribution is 0.102. The summed E-state index contributed by atoms with van der Waals surface area (Å²) < 4.78 is 5.32. The fourth-order valence-corrected chi connectivity index (χ4v) is 3.99. The van der Waals surface area contributed by atoms with Crippen LogP contribution in [0.5, 0.6) is 5.75 Å². The van der Waals surface area contributed by atoms with Crippen molar-refractivity contribution in [2.75, 3.05) is 0 Å². The lowest BCUT2D eigenvalue weighted by atomic mass is 10.00. The van der Waals surface area contributed by atoms with Gasteiger partial charge in [-0.2, -0.15) is 0 Å². The molecule has 1 atom stereocenters. The van der Waals surface area contributed by atoms with Gasteiger partial charge in [0.15, 0.2) is 5.78 Å². The first-order valence-corrected chi connectivity index (χ1v) is 11.6. The normalized spacial score (nSPS) is 12.9. The largest absolute Gasteiger partial charge is 0.507 e. The first kappa shape index (κ1) is 26.1. The Bertz CT molecular complexity index is 1100. The Morgan fingerprint density at radius 3 is 2.64 bits per heavy atom. The Morgan fingerprint density at radius 1 is 1.27 bits per heavy atom. The number of thiazole rings is 1. The first-order chi connectivity index (χ1) is 15.6. The first-order valence-electron chi connectivity index (χ1n) is 10.8. The molecule has 9 heteroatoms. The number of nitrogens with zero attached hydrogens (tertiary/aromatic N) is 1. The molecular weight excluding hydrogens is 444 g/mol. The number of allylic oxidation sites excluding steroid dienone is 2. The molecule has 1 unspecified atom stereocenters. The zero-order valence-electron chi connectivity index (χ0n) is 19.3. The van der Waals surface area contributed by atoms with E-state index in [1.54, 1.807) is 25.3 Å². The fourth-order valence-electron chi connectivity index (χ4n) is 3.05. The number of aryl methyl sites for hydroxylation is 1. The molecule has 8 nitrogen and oxygen atoms in total. The number of carboxylic acid groups (broad SMARTS) is 1. The number of hydrogen-bond acceptors (Lipinski definition) is 7. The van der Waals surface area contributed by atoms with E-state index in [1.807, 2.05) is 6.92 Å². The second-order valence-electron chi connectivity index (χ2n) is 8.27. The van der Waals surface area contributed by atoms with Crippen LogP contribution in [0.1, 0.15) is 78.9 Å². The van der Waals surface area contributed by atoms with E-state index in [2.05, 4.69) is 24.1 Å². The third kappa shape index (κ3) is 8.02. The number of aromatic hydroxyl groups is 1. The van der Waals surface area contributed by atoms with E-state index in [-0.39, 0.29) is 11.7 Å². The molecule has 0 aliphatic rings. The summed E-state index contributed by atoms with van der Waals surface area (Å²) >= 11 is 1.50. The molecule has 2 heterocycles. The summed E-state index contributed by atoms with van der Waals surface area (Å²) in [6.07, 6.45) is 8.15. The number of aromatic nitrogens is 1. The van der Waals surface area contributed by atoms with Crippen molar-refractivity contribution < 1.29 is 24.2 Å². The van der Waals surface area contributed by atoms with Crippen LogP contribution in [0.4, 0.5) is 4.79 Å². The molecule has 0 fully saturated rings. The molecule has 1 amide bonds. The van der Waals surface area contributed by atoms with E-state index in [0.717, 1.165) is 22.7 Å². The molecule has 0 bridgehead atoms. The smallest absolute Gasteiger partial charge is 0.408 e. The third-order valence-corrected chi connectivity index (χ3v) is 5.98. The molecular formula is C24H30N2O6S. The Labute approximate surface area is 196 Å². The number of nitrogens with one attached hydrogen (secondary N) is 1. The molecule has 2 rings (SSSR count). The molecule has 3 N–H and O–H groups in total. The Kier molecular flexibility index (Phi) is 9.59. The van der Waals surface area contributed by atoms with Crippen molar-refractivity contribution in [1.29, 1.82) is 0 Å². The Hall–Kier alpha value is -3.20. The summed E-state index contributed by atoms with van der Waals surface area (Å²) in [6.45, 7) is 7.70. The highest BCUT2D eigenvalue weighted by atomic mass is 32.1. The molecule has 0 aromatic carbocycles. The van der Waals surface area contributed by atoms with E-state index in [1.165, 1.54) is 23.6 Å². The van der Waals surface area contributed by atoms with Gasteiger partial charge in [0, 0.05) is 29.3 Å². The van der Waals surface area contributed by atoms with Crippen molar-refractivity contribution in [1.82, 2.24) is 10.3 Å². The van der Waals surface area contributed by atoms with Crippen molar-refractivity contribution in [3.05, 3.63) is 61.7 Å². The molecule has 0 aliphatic heterocycles. The minimum Gasteiger partial charge on any atom is -0.507 e. The standard InChI is InChI=1S/C24H30N2O6S/c1-14(2)8-9-20-26-13-17(33-20)11-16(4)22(28)21-18(27)12-19(32-23(21)29)15(3)7-5-6-10-25-24(30)31/h6,10-15,25,27H,5,7-9H2,1-4H3,(H,30,31)/b10-6+,16-11+. The third-order valence-electron chi connectivity index (χ3n) is 4.98. The number of carbonyl (C=O) groups excluding carboxylic acids is 1. The van der Waals surface area contributed by atoms with Gasteiger partial charge in [0.25, 0.3) is 0 Å². The Balaban J connectivity index is 2.11. The van der Waals surface area contributed by atoms with Gasteiger partial charge in [-0.05, 0) is 50.2 Å². The second kappa shape index (κ2) is 12.2. The highest BCUT2D eigenvalue weighted by Crippen LogP contribution is 2.27. The van der Waals surface area contributed by atoms with E-state index in [4.69, 9.17) is 9.52 Å². The van der Waals surface area contributed by atoms with Gasteiger partial charge in [0.2, 0.25) is 0 Å². The van der Waals surface area contributed by atoms with Crippen LogP contribution in [-0.4, -0.2) is 27.1 Å². The SMILES string of the molecule is C/C(=C\c1cnc(CCC(C)C)s1)C(=O)c1c(O)cc(C(C)CC/C=C/NC(=O)O)oc1=O. The van der Waals surface area contributed by atoms with Crippen LogP contribution in [0.3, 0.4) is 0 Å². The van der Waals surface area contributed by atoms with E-state index in [0.29, 0.717) is 24.3 Å². The highest BCUT2D eigenvalue weighted by molar-refractivity contribution is 7.12. The van der Waals surface area contributed by atoms with Gasteiger partial charge in [0.1, 0.15) is 17.1 Å².